The summed E-state index contributed by atoms with van der Waals surface area (Å²) < 4.78 is 2.72. The quantitative estimate of drug-likeness (QED) is 0.160. The van der Waals surface area contributed by atoms with Crippen LogP contribution in [0.2, 0.25) is 0 Å². The van der Waals surface area contributed by atoms with Crippen LogP contribution in [-0.4, -0.2) is 0 Å². The lowest BCUT2D eigenvalue weighted by Crippen LogP contribution is -2.15. The number of fused-ring (bicyclic) bond motifs is 16. The van der Waals surface area contributed by atoms with Gasteiger partial charge in [0.1, 0.15) is 0 Å². The van der Waals surface area contributed by atoms with Crippen molar-refractivity contribution in [2.24, 2.45) is 0 Å². The van der Waals surface area contributed by atoms with Crippen LogP contribution in [0.1, 0.15) is 49.9 Å². The summed E-state index contributed by atoms with van der Waals surface area (Å²) in [5.74, 6) is 0. The second-order valence-corrected chi connectivity index (χ2v) is 19.5. The molecule has 10 aromatic carbocycles. The Balaban J connectivity index is 1.01. The average Bonchev–Trinajstić information content (AvgIpc) is 3.89. The van der Waals surface area contributed by atoms with Gasteiger partial charge >= 0.3 is 0 Å². The van der Waals surface area contributed by atoms with Crippen LogP contribution >= 0.6 is 11.3 Å². The summed E-state index contributed by atoms with van der Waals surface area (Å²) in [6.45, 7) is 9.51. The maximum atomic E-state index is 2.48. The Hall–Kier alpha value is -7.00. The van der Waals surface area contributed by atoms with Crippen LogP contribution in [0.5, 0.6) is 0 Å². The molecule has 62 heavy (non-hydrogen) atoms. The molecule has 1 nitrogen and oxygen atoms in total. The van der Waals surface area contributed by atoms with Gasteiger partial charge in [-0.1, -0.05) is 167 Å². The van der Waals surface area contributed by atoms with Crippen molar-refractivity contribution in [1.29, 1.82) is 0 Å². The zero-order valence-electron chi connectivity index (χ0n) is 35.3. The Kier molecular flexibility index (Phi) is 7.36. The number of thiophene rings is 1. The van der Waals surface area contributed by atoms with E-state index in [1.54, 1.807) is 0 Å². The monoisotopic (exact) mass is 809 g/mol. The number of hydrogen-bond acceptors (Lipinski definition) is 2. The van der Waals surface area contributed by atoms with Gasteiger partial charge in [0.05, 0.1) is 0 Å². The molecular weight excluding hydrogens is 767 g/mol. The predicted molar refractivity (Wildman–Crippen MR) is 267 cm³/mol. The van der Waals surface area contributed by atoms with Crippen molar-refractivity contribution in [3.05, 3.63) is 210 Å². The van der Waals surface area contributed by atoms with Gasteiger partial charge in [-0.3, -0.25) is 0 Å². The molecule has 0 unspecified atom stereocenters. The van der Waals surface area contributed by atoms with Crippen LogP contribution < -0.4 is 4.90 Å². The third-order valence-electron chi connectivity index (χ3n) is 14.5. The number of benzene rings is 10. The van der Waals surface area contributed by atoms with Crippen molar-refractivity contribution in [3.8, 4) is 33.4 Å². The highest BCUT2D eigenvalue weighted by atomic mass is 32.1. The highest BCUT2D eigenvalue weighted by molar-refractivity contribution is 7.26. The molecule has 0 aliphatic heterocycles. The number of anilines is 3. The van der Waals surface area contributed by atoms with Crippen LogP contribution in [0.3, 0.4) is 0 Å². The fourth-order valence-electron chi connectivity index (χ4n) is 11.3. The van der Waals surface area contributed by atoms with Gasteiger partial charge in [-0.2, -0.15) is 0 Å². The Morgan fingerprint density at radius 1 is 0.339 bits per heavy atom. The predicted octanol–water partition coefficient (Wildman–Crippen LogP) is 17.3. The minimum atomic E-state index is -0.116. The molecule has 0 N–H and O–H groups in total. The maximum Gasteiger partial charge on any atom is 0.0468 e. The van der Waals surface area contributed by atoms with E-state index in [9.17, 15) is 0 Å². The molecule has 2 heteroatoms. The first kappa shape index (κ1) is 35.7. The standard InChI is InChI=1S/C60H43NS/c1-59(2)53-31-27-40(35-51(53)57-54(59)32-30-49-48-18-10-12-20-56(48)62-58(49)57)61(39-26-29-45-43-15-6-5-13-41(43)42-14-7-8-16-44(42)50(45)34-39)38-24-21-36(22-25-38)37-23-28-47-46-17-9-11-19-52(46)60(3,4)55(47)33-37/h5-35H,1-4H3. The summed E-state index contributed by atoms with van der Waals surface area (Å²) in [5.41, 5.74) is 16.7. The highest BCUT2D eigenvalue weighted by Gasteiger charge is 2.38. The van der Waals surface area contributed by atoms with Gasteiger partial charge in [-0.05, 0) is 131 Å². The van der Waals surface area contributed by atoms with Crippen molar-refractivity contribution in [2.75, 3.05) is 4.90 Å². The van der Waals surface area contributed by atoms with E-state index in [2.05, 4.69) is 221 Å². The molecule has 1 aromatic heterocycles. The summed E-state index contributed by atoms with van der Waals surface area (Å²) in [6.07, 6.45) is 0. The molecule has 0 radical (unpaired) electrons. The first-order valence-electron chi connectivity index (χ1n) is 21.8. The number of nitrogens with zero attached hydrogens (tertiary/aromatic N) is 1. The fraction of sp³-hybridized carbons (Fsp3) is 0.100. The normalized spacial score (nSPS) is 14.4. The van der Waals surface area contributed by atoms with E-state index in [0.717, 1.165) is 17.1 Å². The average molecular weight is 810 g/mol. The molecule has 0 bridgehead atoms. The molecule has 294 valence electrons. The van der Waals surface area contributed by atoms with E-state index in [4.69, 9.17) is 0 Å². The second kappa shape index (κ2) is 12.8. The number of hydrogen-bond donors (Lipinski definition) is 0. The van der Waals surface area contributed by atoms with E-state index in [-0.39, 0.29) is 10.8 Å². The van der Waals surface area contributed by atoms with E-state index in [1.165, 1.54) is 108 Å². The maximum absolute atomic E-state index is 2.48. The van der Waals surface area contributed by atoms with Crippen LogP contribution in [0.15, 0.2) is 188 Å². The molecule has 0 saturated heterocycles. The lowest BCUT2D eigenvalue weighted by atomic mass is 9.81. The lowest BCUT2D eigenvalue weighted by molar-refractivity contribution is 0.660. The van der Waals surface area contributed by atoms with Gasteiger partial charge in [0, 0.05) is 53.6 Å². The van der Waals surface area contributed by atoms with Gasteiger partial charge in [-0.15, -0.1) is 11.3 Å². The molecule has 0 saturated carbocycles. The number of rotatable bonds is 4. The van der Waals surface area contributed by atoms with Gasteiger partial charge in [0.15, 0.2) is 0 Å². The first-order chi connectivity index (χ1) is 30.3. The minimum absolute atomic E-state index is 0.0492. The molecule has 2 aliphatic rings. The minimum Gasteiger partial charge on any atom is -0.310 e. The van der Waals surface area contributed by atoms with Gasteiger partial charge < -0.3 is 4.90 Å². The van der Waals surface area contributed by atoms with Crippen molar-refractivity contribution >= 4 is 80.9 Å². The Bertz CT molecular complexity index is 3660. The fourth-order valence-corrected chi connectivity index (χ4v) is 12.6. The summed E-state index contributed by atoms with van der Waals surface area (Å²) in [7, 11) is 0. The third-order valence-corrected chi connectivity index (χ3v) is 15.7. The molecule has 1 heterocycles. The Morgan fingerprint density at radius 2 is 0.855 bits per heavy atom. The Labute approximate surface area is 366 Å². The zero-order chi connectivity index (χ0) is 41.5. The van der Waals surface area contributed by atoms with Crippen molar-refractivity contribution in [1.82, 2.24) is 0 Å². The summed E-state index contributed by atoms with van der Waals surface area (Å²) in [4.78, 5) is 2.48. The van der Waals surface area contributed by atoms with Crippen molar-refractivity contribution in [2.45, 2.75) is 38.5 Å². The van der Waals surface area contributed by atoms with Gasteiger partial charge in [0.2, 0.25) is 0 Å². The topological polar surface area (TPSA) is 3.24 Å². The molecule has 13 rings (SSSR count). The molecule has 0 amide bonds. The summed E-state index contributed by atoms with van der Waals surface area (Å²) in [5, 5.41) is 10.4. The largest absolute Gasteiger partial charge is 0.310 e. The second-order valence-electron chi connectivity index (χ2n) is 18.5. The van der Waals surface area contributed by atoms with E-state index < -0.39 is 0 Å². The van der Waals surface area contributed by atoms with E-state index >= 15 is 0 Å². The van der Waals surface area contributed by atoms with Crippen LogP contribution in [0.4, 0.5) is 17.1 Å². The van der Waals surface area contributed by atoms with E-state index in [0.29, 0.717) is 0 Å². The van der Waals surface area contributed by atoms with Crippen LogP contribution in [0, 0.1) is 0 Å². The summed E-state index contributed by atoms with van der Waals surface area (Å²) in [6, 6.07) is 70.9. The molecule has 2 aliphatic carbocycles. The molecule has 0 spiro atoms. The Morgan fingerprint density at radius 3 is 1.61 bits per heavy atom. The molecule has 11 aromatic rings. The first-order valence-corrected chi connectivity index (χ1v) is 22.7. The lowest BCUT2D eigenvalue weighted by Gasteiger charge is -2.28. The van der Waals surface area contributed by atoms with Crippen LogP contribution in [-0.2, 0) is 10.8 Å². The third kappa shape index (κ3) is 4.90. The van der Waals surface area contributed by atoms with E-state index in [1.807, 2.05) is 11.3 Å². The van der Waals surface area contributed by atoms with Gasteiger partial charge in [0.25, 0.3) is 0 Å². The zero-order valence-corrected chi connectivity index (χ0v) is 36.1. The summed E-state index contributed by atoms with van der Waals surface area (Å²) >= 11 is 1.93. The molecule has 0 fully saturated rings. The SMILES string of the molecule is CC1(C)c2ccccc2-c2ccc(-c3ccc(N(c4ccc5c(c4)-c4c(ccc6c4sc4ccccc46)C5(C)C)c4ccc5c6ccccc6c6ccccc6c5c4)cc3)cc21. The highest BCUT2D eigenvalue weighted by Crippen LogP contribution is 2.56. The van der Waals surface area contributed by atoms with Gasteiger partial charge in [-0.25, -0.2) is 0 Å². The van der Waals surface area contributed by atoms with Crippen LogP contribution in [0.25, 0.3) is 85.9 Å². The van der Waals surface area contributed by atoms with Crippen molar-refractivity contribution < 1.29 is 0 Å². The molecule has 0 atom stereocenters. The molecular formula is C60H43NS. The van der Waals surface area contributed by atoms with Crippen molar-refractivity contribution in [3.63, 3.8) is 0 Å². The smallest absolute Gasteiger partial charge is 0.0468 e.